The smallest absolute Gasteiger partial charge is 0.293 e. The molecule has 27 heavy (non-hydrogen) atoms. The lowest BCUT2D eigenvalue weighted by molar-refractivity contribution is -0.121. The molecule has 1 amide bonds. The van der Waals surface area contributed by atoms with Gasteiger partial charge in [0, 0.05) is 33.6 Å². The third kappa shape index (κ3) is 5.53. The Hall–Kier alpha value is -2.41. The maximum absolute atomic E-state index is 12.8. The first-order valence-electron chi connectivity index (χ1n) is 9.63. The second-order valence-electron chi connectivity index (χ2n) is 6.76. The van der Waals surface area contributed by atoms with Crippen LogP contribution in [0.25, 0.3) is 11.0 Å². The number of hydrogen-bond acceptors (Lipinski definition) is 5. The topological polar surface area (TPSA) is 70.5 Å². The molecular weight excluding hydrogens is 342 g/mol. The Labute approximate surface area is 161 Å². The van der Waals surface area contributed by atoms with Crippen LogP contribution in [-0.4, -0.2) is 60.6 Å². The Morgan fingerprint density at radius 1 is 1.19 bits per heavy atom. The van der Waals surface area contributed by atoms with Crippen molar-refractivity contribution in [2.75, 3.05) is 45.2 Å². The Kier molecular flexibility index (Phi) is 7.79. The highest BCUT2D eigenvalue weighted by Crippen LogP contribution is 2.13. The summed E-state index contributed by atoms with van der Waals surface area (Å²) in [6, 6.07) is 7.52. The number of aromatic nitrogens is 2. The molecule has 0 aliphatic rings. The minimum atomic E-state index is -0.173. The van der Waals surface area contributed by atoms with Crippen molar-refractivity contribution in [2.45, 2.75) is 33.2 Å². The van der Waals surface area contributed by atoms with E-state index in [4.69, 9.17) is 0 Å². The van der Waals surface area contributed by atoms with Crippen molar-refractivity contribution in [1.29, 1.82) is 0 Å². The molecule has 1 aromatic carbocycles. The Bertz CT molecular complexity index is 812. The van der Waals surface area contributed by atoms with E-state index in [2.05, 4.69) is 29.0 Å². The molecule has 7 nitrogen and oxygen atoms in total. The van der Waals surface area contributed by atoms with Crippen LogP contribution in [0.4, 0.5) is 5.82 Å². The molecule has 0 saturated heterocycles. The minimum Gasteiger partial charge on any atom is -0.358 e. The molecule has 2 rings (SSSR count). The van der Waals surface area contributed by atoms with Gasteiger partial charge in [0.15, 0.2) is 5.82 Å². The van der Waals surface area contributed by atoms with Gasteiger partial charge in [-0.2, -0.15) is 0 Å². The van der Waals surface area contributed by atoms with Crippen molar-refractivity contribution in [3.05, 3.63) is 34.6 Å². The molecule has 0 aliphatic heterocycles. The molecule has 0 aliphatic carbocycles. The first-order valence-corrected chi connectivity index (χ1v) is 9.63. The van der Waals surface area contributed by atoms with E-state index in [1.165, 1.54) is 0 Å². The second kappa shape index (κ2) is 10.1. The third-order valence-electron chi connectivity index (χ3n) is 4.69. The fourth-order valence-electron chi connectivity index (χ4n) is 3.06. The van der Waals surface area contributed by atoms with E-state index >= 15 is 0 Å². The molecule has 1 aromatic heterocycles. The van der Waals surface area contributed by atoms with Crippen LogP contribution in [0.5, 0.6) is 0 Å². The van der Waals surface area contributed by atoms with Crippen molar-refractivity contribution in [1.82, 2.24) is 19.8 Å². The van der Waals surface area contributed by atoms with Gasteiger partial charge in [-0.1, -0.05) is 26.0 Å². The minimum absolute atomic E-state index is 0.0336. The maximum atomic E-state index is 12.8. The number of aryl methyl sites for hydroxylation is 1. The zero-order chi connectivity index (χ0) is 19.8. The number of amides is 1. The number of rotatable bonds is 10. The highest BCUT2D eigenvalue weighted by molar-refractivity contribution is 5.78. The quantitative estimate of drug-likeness (QED) is 0.642. The van der Waals surface area contributed by atoms with E-state index in [9.17, 15) is 9.59 Å². The largest absolute Gasteiger partial charge is 0.358 e. The Balaban J connectivity index is 2.01. The first-order chi connectivity index (χ1) is 13.0. The lowest BCUT2D eigenvalue weighted by atomic mass is 10.2. The fraction of sp³-hybridized carbons (Fsp3) is 0.550. The highest BCUT2D eigenvalue weighted by atomic mass is 16.2. The predicted octanol–water partition coefficient (Wildman–Crippen LogP) is 1.70. The Morgan fingerprint density at radius 2 is 1.89 bits per heavy atom. The monoisotopic (exact) mass is 373 g/mol. The Morgan fingerprint density at radius 3 is 2.56 bits per heavy atom. The summed E-state index contributed by atoms with van der Waals surface area (Å²) in [5.74, 6) is 0.349. The zero-order valence-corrected chi connectivity index (χ0v) is 16.9. The summed E-state index contributed by atoms with van der Waals surface area (Å²) in [5.41, 5.74) is 1.33. The van der Waals surface area contributed by atoms with Gasteiger partial charge in [-0.05, 0) is 38.2 Å². The normalized spacial score (nSPS) is 11.1. The average Bonchev–Trinajstić information content (AvgIpc) is 2.66. The number of fused-ring (bicyclic) bond motifs is 1. The number of para-hydroxylation sites is 2. The molecule has 7 heteroatoms. The fourth-order valence-corrected chi connectivity index (χ4v) is 3.06. The van der Waals surface area contributed by atoms with Crippen LogP contribution < -0.4 is 15.8 Å². The number of nitrogens with one attached hydrogen (secondary N) is 1. The number of carbonyl (C=O) groups is 1. The van der Waals surface area contributed by atoms with Gasteiger partial charge in [-0.25, -0.2) is 4.98 Å². The first kappa shape index (κ1) is 20.9. The molecule has 1 N–H and O–H groups in total. The summed E-state index contributed by atoms with van der Waals surface area (Å²) in [5, 5.41) is 2.95. The number of anilines is 1. The van der Waals surface area contributed by atoms with Gasteiger partial charge in [-0.15, -0.1) is 0 Å². The van der Waals surface area contributed by atoms with Crippen molar-refractivity contribution in [3.8, 4) is 0 Å². The molecule has 0 fully saturated rings. The van der Waals surface area contributed by atoms with E-state index in [0.29, 0.717) is 18.9 Å². The molecule has 148 valence electrons. The molecule has 0 spiro atoms. The van der Waals surface area contributed by atoms with E-state index in [0.717, 1.165) is 37.1 Å². The standard InChI is InChI=1S/C20H31N5O2/c1-5-24(6-2)14-9-13-21-18(26)12-15-25-17-11-8-7-10-16(17)22-19(20(25)27)23(3)4/h7-8,10-11H,5-6,9,12-15H2,1-4H3,(H,21,26). The summed E-state index contributed by atoms with van der Waals surface area (Å²) in [4.78, 5) is 33.4. The molecule has 0 bridgehead atoms. The van der Waals surface area contributed by atoms with Crippen molar-refractivity contribution < 1.29 is 4.79 Å². The third-order valence-corrected chi connectivity index (χ3v) is 4.69. The van der Waals surface area contributed by atoms with Gasteiger partial charge in [0.2, 0.25) is 5.91 Å². The van der Waals surface area contributed by atoms with E-state index < -0.39 is 0 Å². The molecule has 0 saturated carbocycles. The van der Waals surface area contributed by atoms with Gasteiger partial charge in [0.25, 0.3) is 5.56 Å². The van der Waals surface area contributed by atoms with E-state index in [1.807, 2.05) is 24.3 Å². The number of benzene rings is 1. The molecular formula is C20H31N5O2. The maximum Gasteiger partial charge on any atom is 0.293 e. The van der Waals surface area contributed by atoms with Crippen molar-refractivity contribution in [2.24, 2.45) is 0 Å². The lowest BCUT2D eigenvalue weighted by Gasteiger charge is -2.18. The molecule has 2 aromatic rings. The van der Waals surface area contributed by atoms with Crippen LogP contribution in [0.1, 0.15) is 26.7 Å². The lowest BCUT2D eigenvalue weighted by Crippen LogP contribution is -2.32. The van der Waals surface area contributed by atoms with Gasteiger partial charge < -0.3 is 19.7 Å². The molecule has 1 heterocycles. The number of carbonyl (C=O) groups excluding carboxylic acids is 1. The molecule has 0 radical (unpaired) electrons. The van der Waals surface area contributed by atoms with Crippen LogP contribution >= 0.6 is 0 Å². The summed E-state index contributed by atoms with van der Waals surface area (Å²) in [6.07, 6.45) is 1.20. The zero-order valence-electron chi connectivity index (χ0n) is 16.9. The van der Waals surface area contributed by atoms with Gasteiger partial charge in [-0.3, -0.25) is 9.59 Å². The van der Waals surface area contributed by atoms with Crippen molar-refractivity contribution in [3.63, 3.8) is 0 Å². The number of hydrogen-bond donors (Lipinski definition) is 1. The SMILES string of the molecule is CCN(CC)CCCNC(=O)CCn1c(=O)c(N(C)C)nc2ccccc21. The van der Waals surface area contributed by atoms with Gasteiger partial charge in [0.05, 0.1) is 11.0 Å². The van der Waals surface area contributed by atoms with E-state index in [-0.39, 0.29) is 17.9 Å². The molecule has 0 unspecified atom stereocenters. The average molecular weight is 374 g/mol. The molecule has 0 atom stereocenters. The van der Waals surface area contributed by atoms with Crippen LogP contribution in [0.15, 0.2) is 29.1 Å². The summed E-state index contributed by atoms with van der Waals surface area (Å²) < 4.78 is 1.65. The van der Waals surface area contributed by atoms with Crippen molar-refractivity contribution >= 4 is 22.8 Å². The van der Waals surface area contributed by atoms with Gasteiger partial charge in [0.1, 0.15) is 0 Å². The van der Waals surface area contributed by atoms with Gasteiger partial charge >= 0.3 is 0 Å². The van der Waals surface area contributed by atoms with E-state index in [1.54, 1.807) is 23.6 Å². The highest BCUT2D eigenvalue weighted by Gasteiger charge is 2.13. The van der Waals surface area contributed by atoms with Crippen LogP contribution in [0.2, 0.25) is 0 Å². The van der Waals surface area contributed by atoms with Crippen LogP contribution in [-0.2, 0) is 11.3 Å². The van der Waals surface area contributed by atoms with Crippen LogP contribution in [0.3, 0.4) is 0 Å². The summed E-state index contributed by atoms with van der Waals surface area (Å²) in [6.45, 7) is 8.30. The summed E-state index contributed by atoms with van der Waals surface area (Å²) >= 11 is 0. The number of nitrogens with zero attached hydrogens (tertiary/aromatic N) is 4. The second-order valence-corrected chi connectivity index (χ2v) is 6.76. The summed E-state index contributed by atoms with van der Waals surface area (Å²) in [7, 11) is 3.59. The van der Waals surface area contributed by atoms with Crippen LogP contribution in [0, 0.1) is 0 Å². The predicted molar refractivity (Wildman–Crippen MR) is 110 cm³/mol.